The van der Waals surface area contributed by atoms with Crippen molar-refractivity contribution >= 4 is 27.5 Å². The smallest absolute Gasteiger partial charge is 0.0406 e. The lowest BCUT2D eigenvalue weighted by atomic mass is 10.00. The molecular formula is C13H17BrClN. The largest absolute Gasteiger partial charge is 0.306 e. The molecule has 1 N–H and O–H groups in total. The average Bonchev–Trinajstić information content (AvgIpc) is 2.78. The fraction of sp³-hybridized carbons (Fsp3) is 0.538. The summed E-state index contributed by atoms with van der Waals surface area (Å²) >= 11 is 9.53. The normalized spacial score (nSPS) is 18.9. The average molecular weight is 303 g/mol. The fourth-order valence-electron chi connectivity index (χ4n) is 2.30. The van der Waals surface area contributed by atoms with Gasteiger partial charge in [0.1, 0.15) is 0 Å². The van der Waals surface area contributed by atoms with E-state index in [1.165, 1.54) is 31.2 Å². The molecule has 1 aliphatic carbocycles. The zero-order valence-corrected chi connectivity index (χ0v) is 11.6. The van der Waals surface area contributed by atoms with Crippen molar-refractivity contribution in [2.75, 3.05) is 5.88 Å². The van der Waals surface area contributed by atoms with Crippen LogP contribution in [0.1, 0.15) is 31.2 Å². The minimum Gasteiger partial charge on any atom is -0.306 e. The van der Waals surface area contributed by atoms with Crippen LogP contribution < -0.4 is 5.32 Å². The van der Waals surface area contributed by atoms with Gasteiger partial charge in [0.25, 0.3) is 0 Å². The van der Waals surface area contributed by atoms with Crippen molar-refractivity contribution in [3.8, 4) is 0 Å². The highest BCUT2D eigenvalue weighted by molar-refractivity contribution is 9.10. The van der Waals surface area contributed by atoms with Crippen LogP contribution in [-0.4, -0.2) is 11.4 Å². The first kappa shape index (κ1) is 12.4. The Morgan fingerprint density at radius 2 is 1.81 bits per heavy atom. The van der Waals surface area contributed by atoms with Crippen molar-refractivity contribution < 1.29 is 0 Å². The first-order valence-electron chi connectivity index (χ1n) is 5.80. The van der Waals surface area contributed by atoms with E-state index in [0.29, 0.717) is 0 Å². The van der Waals surface area contributed by atoms with E-state index in [1.807, 2.05) is 0 Å². The Morgan fingerprint density at radius 3 is 2.38 bits per heavy atom. The van der Waals surface area contributed by atoms with Crippen LogP contribution in [0.5, 0.6) is 0 Å². The van der Waals surface area contributed by atoms with Crippen molar-refractivity contribution in [1.29, 1.82) is 0 Å². The first-order chi connectivity index (χ1) is 7.74. The highest BCUT2D eigenvalue weighted by atomic mass is 79.9. The maximum atomic E-state index is 6.09. The quantitative estimate of drug-likeness (QED) is 0.826. The standard InChI is InChI=1S/C13H17BrClN/c14-12-5-3-11(4-6-12)9-16-13(10-15)7-1-2-8-13/h3-6,16H,1-2,7-10H2. The molecule has 1 aromatic rings. The molecule has 0 bridgehead atoms. The van der Waals surface area contributed by atoms with Gasteiger partial charge in [0.15, 0.2) is 0 Å². The van der Waals surface area contributed by atoms with Crippen LogP contribution in [0.4, 0.5) is 0 Å². The van der Waals surface area contributed by atoms with Gasteiger partial charge in [0, 0.05) is 22.4 Å². The second-order valence-electron chi connectivity index (χ2n) is 4.60. The molecule has 0 aliphatic heterocycles. The highest BCUT2D eigenvalue weighted by Crippen LogP contribution is 2.31. The highest BCUT2D eigenvalue weighted by Gasteiger charge is 2.31. The molecule has 16 heavy (non-hydrogen) atoms. The molecule has 0 spiro atoms. The number of hydrogen-bond acceptors (Lipinski definition) is 1. The number of halogens is 2. The molecular weight excluding hydrogens is 286 g/mol. The molecule has 1 aliphatic rings. The van der Waals surface area contributed by atoms with Crippen LogP contribution in [0.2, 0.25) is 0 Å². The van der Waals surface area contributed by atoms with Gasteiger partial charge in [-0.15, -0.1) is 11.6 Å². The molecule has 1 saturated carbocycles. The lowest BCUT2D eigenvalue weighted by Crippen LogP contribution is -2.43. The molecule has 88 valence electrons. The van der Waals surface area contributed by atoms with Crippen molar-refractivity contribution in [2.45, 2.75) is 37.8 Å². The number of rotatable bonds is 4. The summed E-state index contributed by atoms with van der Waals surface area (Å²) in [7, 11) is 0. The molecule has 1 nitrogen and oxygen atoms in total. The first-order valence-corrected chi connectivity index (χ1v) is 7.12. The fourth-order valence-corrected chi connectivity index (χ4v) is 2.93. The van der Waals surface area contributed by atoms with Gasteiger partial charge in [-0.25, -0.2) is 0 Å². The Hall–Kier alpha value is -0.0500. The maximum Gasteiger partial charge on any atom is 0.0406 e. The molecule has 2 rings (SSSR count). The van der Waals surface area contributed by atoms with Crippen LogP contribution in [-0.2, 0) is 6.54 Å². The summed E-state index contributed by atoms with van der Waals surface area (Å²) in [5.41, 5.74) is 1.51. The summed E-state index contributed by atoms with van der Waals surface area (Å²) in [5, 5.41) is 3.63. The summed E-state index contributed by atoms with van der Waals surface area (Å²) < 4.78 is 1.13. The number of hydrogen-bond donors (Lipinski definition) is 1. The van der Waals surface area contributed by atoms with E-state index in [-0.39, 0.29) is 5.54 Å². The van der Waals surface area contributed by atoms with E-state index in [0.717, 1.165) is 16.9 Å². The number of nitrogens with one attached hydrogen (secondary N) is 1. The van der Waals surface area contributed by atoms with Gasteiger partial charge >= 0.3 is 0 Å². The minimum absolute atomic E-state index is 0.189. The lowest BCUT2D eigenvalue weighted by molar-refractivity contribution is 0.368. The van der Waals surface area contributed by atoms with Gasteiger partial charge in [-0.05, 0) is 30.5 Å². The molecule has 0 amide bonds. The van der Waals surface area contributed by atoms with E-state index in [1.54, 1.807) is 0 Å². The summed E-state index contributed by atoms with van der Waals surface area (Å²) in [5.74, 6) is 0.726. The van der Waals surface area contributed by atoms with Crippen LogP contribution in [0.15, 0.2) is 28.7 Å². The van der Waals surface area contributed by atoms with Crippen molar-refractivity contribution in [2.24, 2.45) is 0 Å². The minimum atomic E-state index is 0.189. The second kappa shape index (κ2) is 5.52. The van der Waals surface area contributed by atoms with Crippen molar-refractivity contribution in [3.05, 3.63) is 34.3 Å². The van der Waals surface area contributed by atoms with Gasteiger partial charge < -0.3 is 5.32 Å². The molecule has 1 aromatic carbocycles. The summed E-state index contributed by atoms with van der Waals surface area (Å²) in [6, 6.07) is 8.46. The van der Waals surface area contributed by atoms with Crippen LogP contribution >= 0.6 is 27.5 Å². The molecule has 0 aromatic heterocycles. The molecule has 0 atom stereocenters. The number of alkyl halides is 1. The van der Waals surface area contributed by atoms with Gasteiger partial charge in [0.05, 0.1) is 0 Å². The third-order valence-corrected chi connectivity index (χ3v) is 4.44. The lowest BCUT2D eigenvalue weighted by Gasteiger charge is -2.28. The predicted molar refractivity (Wildman–Crippen MR) is 72.9 cm³/mol. The predicted octanol–water partition coefficient (Wildman–Crippen LogP) is 4.09. The summed E-state index contributed by atoms with van der Waals surface area (Å²) in [6.45, 7) is 0.917. The molecule has 0 saturated heterocycles. The molecule has 3 heteroatoms. The van der Waals surface area contributed by atoms with Crippen molar-refractivity contribution in [1.82, 2.24) is 5.32 Å². The SMILES string of the molecule is ClCC1(NCc2ccc(Br)cc2)CCCC1. The Balaban J connectivity index is 1.93. The van der Waals surface area contributed by atoms with Gasteiger partial charge in [-0.1, -0.05) is 40.9 Å². The Bertz CT molecular complexity index is 330. The zero-order valence-electron chi connectivity index (χ0n) is 9.31. The van der Waals surface area contributed by atoms with Crippen LogP contribution in [0, 0.1) is 0 Å². The number of benzene rings is 1. The van der Waals surface area contributed by atoms with Gasteiger partial charge in [0.2, 0.25) is 0 Å². The molecule has 0 unspecified atom stereocenters. The third-order valence-electron chi connectivity index (χ3n) is 3.40. The third kappa shape index (κ3) is 2.99. The Morgan fingerprint density at radius 1 is 1.19 bits per heavy atom. The van der Waals surface area contributed by atoms with E-state index >= 15 is 0 Å². The van der Waals surface area contributed by atoms with E-state index < -0.39 is 0 Å². The van der Waals surface area contributed by atoms with E-state index in [4.69, 9.17) is 11.6 Å². The Kier molecular flexibility index (Phi) is 4.28. The Labute approximate surface area is 111 Å². The van der Waals surface area contributed by atoms with E-state index in [2.05, 4.69) is 45.5 Å². The van der Waals surface area contributed by atoms with Gasteiger partial charge in [-0.3, -0.25) is 0 Å². The van der Waals surface area contributed by atoms with Crippen LogP contribution in [0.3, 0.4) is 0 Å². The van der Waals surface area contributed by atoms with Gasteiger partial charge in [-0.2, -0.15) is 0 Å². The zero-order chi connectivity index (χ0) is 11.4. The summed E-state index contributed by atoms with van der Waals surface area (Å²) in [4.78, 5) is 0. The summed E-state index contributed by atoms with van der Waals surface area (Å²) in [6.07, 6.45) is 5.04. The molecule has 0 heterocycles. The van der Waals surface area contributed by atoms with E-state index in [9.17, 15) is 0 Å². The topological polar surface area (TPSA) is 12.0 Å². The molecule has 1 fully saturated rings. The van der Waals surface area contributed by atoms with Crippen LogP contribution in [0.25, 0.3) is 0 Å². The van der Waals surface area contributed by atoms with Crippen molar-refractivity contribution in [3.63, 3.8) is 0 Å². The second-order valence-corrected chi connectivity index (χ2v) is 5.78. The maximum absolute atomic E-state index is 6.09. The molecule has 0 radical (unpaired) electrons. The monoisotopic (exact) mass is 301 g/mol.